The summed E-state index contributed by atoms with van der Waals surface area (Å²) in [4.78, 5) is 24.4. The number of benzene rings is 1. The van der Waals surface area contributed by atoms with Crippen molar-refractivity contribution in [3.63, 3.8) is 0 Å². The highest BCUT2D eigenvalue weighted by Gasteiger charge is 2.62. The molecule has 0 amide bonds. The lowest BCUT2D eigenvalue weighted by Crippen LogP contribution is -2.55. The Balaban J connectivity index is 1.34. The summed E-state index contributed by atoms with van der Waals surface area (Å²) < 4.78 is 11.8. The number of carbonyl (C=O) groups is 2. The molecule has 0 bridgehead atoms. The topological polar surface area (TPSA) is 52.6 Å². The second kappa shape index (κ2) is 8.29. The zero-order chi connectivity index (χ0) is 23.4. The van der Waals surface area contributed by atoms with Gasteiger partial charge in [0.05, 0.1) is 5.56 Å². The molecule has 4 fully saturated rings. The molecular weight excluding hydrogens is 412 g/mol. The molecule has 4 aliphatic rings. The van der Waals surface area contributed by atoms with Crippen LogP contribution in [-0.4, -0.2) is 24.1 Å². The highest BCUT2D eigenvalue weighted by atomic mass is 16.5. The summed E-state index contributed by atoms with van der Waals surface area (Å²) >= 11 is 0. The Labute approximate surface area is 198 Å². The fourth-order valence-electron chi connectivity index (χ4n) is 8.35. The number of ether oxygens (including phenoxy) is 2. The Morgan fingerprint density at radius 3 is 2.36 bits per heavy atom. The average Bonchev–Trinajstić information content (AvgIpc) is 3.11. The summed E-state index contributed by atoms with van der Waals surface area (Å²) in [6, 6.07) is 9.38. The second-order valence-corrected chi connectivity index (χ2v) is 11.7. The Hall–Kier alpha value is -2.10. The molecule has 0 spiro atoms. The molecule has 4 nitrogen and oxygen atoms in total. The van der Waals surface area contributed by atoms with Crippen LogP contribution in [0, 0.1) is 34.5 Å². The van der Waals surface area contributed by atoms with E-state index in [-0.39, 0.29) is 35.0 Å². The third-order valence-corrected chi connectivity index (χ3v) is 10.1. The van der Waals surface area contributed by atoms with Gasteiger partial charge in [0.1, 0.15) is 12.2 Å². The van der Waals surface area contributed by atoms with Crippen molar-refractivity contribution < 1.29 is 19.1 Å². The van der Waals surface area contributed by atoms with Crippen molar-refractivity contribution in [2.24, 2.45) is 34.5 Å². The summed E-state index contributed by atoms with van der Waals surface area (Å²) in [5.74, 6) is 1.86. The standard InChI is InChI=1S/C29H38O4/c1-18-16-21-17-22(32-19(2)30)12-14-28(21,3)24-13-15-29(4)23(26(18)24)10-11-25(29)33-27(31)20-8-6-5-7-9-20/h5-9,21-26H,1,10-17H2,2-4H3/t21-,22-,23+,24+,25+,26+,28-,29+/m0/s1. The zero-order valence-electron chi connectivity index (χ0n) is 20.3. The van der Waals surface area contributed by atoms with E-state index in [9.17, 15) is 9.59 Å². The van der Waals surface area contributed by atoms with Crippen LogP contribution >= 0.6 is 0 Å². The van der Waals surface area contributed by atoms with Crippen LogP contribution in [0.25, 0.3) is 0 Å². The smallest absolute Gasteiger partial charge is 0.338 e. The van der Waals surface area contributed by atoms with Crippen molar-refractivity contribution in [1.29, 1.82) is 0 Å². The van der Waals surface area contributed by atoms with Crippen molar-refractivity contribution >= 4 is 11.9 Å². The van der Waals surface area contributed by atoms with E-state index in [0.717, 1.165) is 44.9 Å². The summed E-state index contributed by atoms with van der Waals surface area (Å²) in [5, 5.41) is 0. The minimum absolute atomic E-state index is 0.0193. The Morgan fingerprint density at radius 1 is 0.939 bits per heavy atom. The van der Waals surface area contributed by atoms with Crippen molar-refractivity contribution in [3.8, 4) is 0 Å². The summed E-state index contributed by atoms with van der Waals surface area (Å²) in [6.45, 7) is 11.0. The van der Waals surface area contributed by atoms with Crippen LogP contribution in [0.2, 0.25) is 0 Å². The average molecular weight is 451 g/mol. The molecule has 0 radical (unpaired) electrons. The largest absolute Gasteiger partial charge is 0.463 e. The monoisotopic (exact) mass is 450 g/mol. The van der Waals surface area contributed by atoms with E-state index >= 15 is 0 Å². The minimum atomic E-state index is -0.192. The summed E-state index contributed by atoms with van der Waals surface area (Å²) in [6.07, 6.45) is 8.48. The van der Waals surface area contributed by atoms with Gasteiger partial charge in [-0.05, 0) is 92.6 Å². The van der Waals surface area contributed by atoms with Gasteiger partial charge in [-0.25, -0.2) is 4.79 Å². The number of carbonyl (C=O) groups excluding carboxylic acids is 2. The van der Waals surface area contributed by atoms with E-state index in [1.807, 2.05) is 30.3 Å². The number of rotatable bonds is 3. The first kappa shape index (κ1) is 22.7. The molecule has 0 saturated heterocycles. The van der Waals surface area contributed by atoms with Crippen LogP contribution in [0.3, 0.4) is 0 Å². The van der Waals surface area contributed by atoms with E-state index in [2.05, 4.69) is 20.4 Å². The number of hydrogen-bond donors (Lipinski definition) is 0. The maximum Gasteiger partial charge on any atom is 0.338 e. The molecule has 5 rings (SSSR count). The van der Waals surface area contributed by atoms with Crippen molar-refractivity contribution in [3.05, 3.63) is 48.0 Å². The van der Waals surface area contributed by atoms with Crippen molar-refractivity contribution in [1.82, 2.24) is 0 Å². The van der Waals surface area contributed by atoms with Crippen LogP contribution in [-0.2, 0) is 14.3 Å². The predicted molar refractivity (Wildman–Crippen MR) is 127 cm³/mol. The highest BCUT2D eigenvalue weighted by molar-refractivity contribution is 5.89. The van der Waals surface area contributed by atoms with E-state index in [1.165, 1.54) is 18.9 Å². The zero-order valence-corrected chi connectivity index (χ0v) is 20.3. The Morgan fingerprint density at radius 2 is 1.64 bits per heavy atom. The molecule has 33 heavy (non-hydrogen) atoms. The van der Waals surface area contributed by atoms with Gasteiger partial charge in [-0.1, -0.05) is 44.2 Å². The quantitative estimate of drug-likeness (QED) is 0.398. The predicted octanol–water partition coefficient (Wildman–Crippen LogP) is 6.35. The normalized spacial score (nSPS) is 42.0. The van der Waals surface area contributed by atoms with Gasteiger partial charge in [-0.3, -0.25) is 4.79 Å². The molecule has 8 atom stereocenters. The SMILES string of the molecule is C=C1C[C@H]2C[C@@H](OC(C)=O)CC[C@]2(C)[C@@H]2CC[C@]3(C)[C@H](CC[C@H]3OC(=O)c3ccccc3)[C@@H]12. The second-order valence-electron chi connectivity index (χ2n) is 11.7. The lowest BCUT2D eigenvalue weighted by atomic mass is 9.44. The third-order valence-electron chi connectivity index (χ3n) is 10.1. The first-order valence-corrected chi connectivity index (χ1v) is 12.8. The molecule has 1 aromatic rings. The number of esters is 2. The van der Waals surface area contributed by atoms with Gasteiger partial charge >= 0.3 is 11.9 Å². The van der Waals surface area contributed by atoms with E-state index < -0.39 is 0 Å². The van der Waals surface area contributed by atoms with Crippen molar-refractivity contribution in [2.45, 2.75) is 84.3 Å². The third kappa shape index (κ3) is 3.74. The molecule has 0 unspecified atom stereocenters. The van der Waals surface area contributed by atoms with Crippen LogP contribution in [0.4, 0.5) is 0 Å². The van der Waals surface area contributed by atoms with Gasteiger partial charge in [-0.15, -0.1) is 0 Å². The Bertz CT molecular complexity index is 938. The molecule has 0 aliphatic heterocycles. The van der Waals surface area contributed by atoms with Gasteiger partial charge in [-0.2, -0.15) is 0 Å². The first-order chi connectivity index (χ1) is 15.7. The van der Waals surface area contributed by atoms with Gasteiger partial charge in [0.25, 0.3) is 0 Å². The molecular formula is C29H38O4. The maximum atomic E-state index is 12.8. The van der Waals surface area contributed by atoms with Gasteiger partial charge in [0.2, 0.25) is 0 Å². The molecule has 4 heteroatoms. The lowest BCUT2D eigenvalue weighted by molar-refractivity contribution is -0.156. The maximum absolute atomic E-state index is 12.8. The first-order valence-electron chi connectivity index (χ1n) is 12.8. The van der Waals surface area contributed by atoms with Crippen LogP contribution in [0.1, 0.15) is 82.5 Å². The van der Waals surface area contributed by atoms with Gasteiger partial charge < -0.3 is 9.47 Å². The highest BCUT2D eigenvalue weighted by Crippen LogP contribution is 2.67. The lowest BCUT2D eigenvalue weighted by Gasteiger charge is -2.61. The molecule has 0 heterocycles. The van der Waals surface area contributed by atoms with Gasteiger partial charge in [0, 0.05) is 12.3 Å². The summed E-state index contributed by atoms with van der Waals surface area (Å²) in [7, 11) is 0. The molecule has 4 saturated carbocycles. The Kier molecular flexibility index (Phi) is 5.69. The molecule has 178 valence electrons. The van der Waals surface area contributed by atoms with Crippen LogP contribution in [0.15, 0.2) is 42.5 Å². The van der Waals surface area contributed by atoms with E-state index in [1.54, 1.807) is 0 Å². The number of allylic oxidation sites excluding steroid dienone is 1. The summed E-state index contributed by atoms with van der Waals surface area (Å²) in [5.41, 5.74) is 2.33. The van der Waals surface area contributed by atoms with Crippen LogP contribution < -0.4 is 0 Å². The minimum Gasteiger partial charge on any atom is -0.463 e. The molecule has 4 aliphatic carbocycles. The van der Waals surface area contributed by atoms with E-state index in [4.69, 9.17) is 9.47 Å². The fourth-order valence-corrected chi connectivity index (χ4v) is 8.35. The fraction of sp³-hybridized carbons (Fsp3) is 0.655. The molecule has 0 aromatic heterocycles. The number of hydrogen-bond acceptors (Lipinski definition) is 4. The molecule has 1 aromatic carbocycles. The van der Waals surface area contributed by atoms with Gasteiger partial charge in [0.15, 0.2) is 0 Å². The van der Waals surface area contributed by atoms with Crippen LogP contribution in [0.5, 0.6) is 0 Å². The van der Waals surface area contributed by atoms with Crippen molar-refractivity contribution in [2.75, 3.05) is 0 Å². The molecule has 0 N–H and O–H groups in total. The number of fused-ring (bicyclic) bond motifs is 5. The van der Waals surface area contributed by atoms with E-state index in [0.29, 0.717) is 29.2 Å².